The molecule has 0 aliphatic rings. The Balaban J connectivity index is 0.000000461. The van der Waals surface area contributed by atoms with Crippen LogP contribution in [0.15, 0.2) is 12.1 Å². The van der Waals surface area contributed by atoms with Gasteiger partial charge in [-0.25, -0.2) is 0 Å². The SMILES string of the molecule is CC.Cc1ccc2n[nH]c(C)c2c1C. The van der Waals surface area contributed by atoms with Crippen LogP contribution in [0.2, 0.25) is 0 Å². The van der Waals surface area contributed by atoms with Crippen molar-refractivity contribution in [2.24, 2.45) is 0 Å². The van der Waals surface area contributed by atoms with E-state index < -0.39 is 0 Å². The van der Waals surface area contributed by atoms with Crippen molar-refractivity contribution in [1.29, 1.82) is 0 Å². The number of aryl methyl sites for hydroxylation is 3. The Hall–Kier alpha value is -1.31. The number of nitrogens with one attached hydrogen (secondary N) is 1. The Bertz CT molecular complexity index is 427. The highest BCUT2D eigenvalue weighted by molar-refractivity contribution is 5.85. The molecule has 0 radical (unpaired) electrons. The van der Waals surface area contributed by atoms with Crippen LogP contribution in [0, 0.1) is 20.8 Å². The van der Waals surface area contributed by atoms with Crippen LogP contribution in [0.1, 0.15) is 30.7 Å². The molecule has 1 aromatic heterocycles. The topological polar surface area (TPSA) is 28.7 Å². The second-order valence-corrected chi connectivity index (χ2v) is 3.25. The van der Waals surface area contributed by atoms with Crippen LogP contribution in [-0.4, -0.2) is 10.2 Å². The highest BCUT2D eigenvalue weighted by Crippen LogP contribution is 2.21. The molecule has 0 unspecified atom stereocenters. The highest BCUT2D eigenvalue weighted by atomic mass is 15.1. The van der Waals surface area contributed by atoms with Crippen LogP contribution in [0.25, 0.3) is 10.9 Å². The number of aromatic amines is 1. The maximum Gasteiger partial charge on any atom is 0.0926 e. The van der Waals surface area contributed by atoms with Crippen molar-refractivity contribution in [3.63, 3.8) is 0 Å². The van der Waals surface area contributed by atoms with Crippen molar-refractivity contribution >= 4 is 10.9 Å². The highest BCUT2D eigenvalue weighted by Gasteiger charge is 2.04. The summed E-state index contributed by atoms with van der Waals surface area (Å²) in [5, 5.41) is 8.46. The van der Waals surface area contributed by atoms with Gasteiger partial charge in [-0.3, -0.25) is 5.10 Å². The summed E-state index contributed by atoms with van der Waals surface area (Å²) in [7, 11) is 0. The molecule has 1 aromatic carbocycles. The number of fused-ring (bicyclic) bond motifs is 1. The second kappa shape index (κ2) is 4.27. The molecule has 0 bridgehead atoms. The molecular formula is C12H18N2. The first kappa shape index (κ1) is 10.8. The van der Waals surface area contributed by atoms with E-state index in [0.29, 0.717) is 0 Å². The van der Waals surface area contributed by atoms with Gasteiger partial charge in [-0.05, 0) is 38.0 Å². The van der Waals surface area contributed by atoms with Gasteiger partial charge in [-0.1, -0.05) is 19.9 Å². The molecule has 14 heavy (non-hydrogen) atoms. The van der Waals surface area contributed by atoms with E-state index in [9.17, 15) is 0 Å². The number of H-pyrrole nitrogens is 1. The summed E-state index contributed by atoms with van der Waals surface area (Å²) in [6.45, 7) is 10.3. The minimum atomic E-state index is 1.07. The normalized spacial score (nSPS) is 9.79. The van der Waals surface area contributed by atoms with E-state index in [1.54, 1.807) is 0 Å². The van der Waals surface area contributed by atoms with Gasteiger partial charge in [-0.15, -0.1) is 0 Å². The first-order chi connectivity index (χ1) is 6.70. The molecule has 0 amide bonds. The van der Waals surface area contributed by atoms with Crippen LogP contribution in [0.5, 0.6) is 0 Å². The Morgan fingerprint density at radius 3 is 2.36 bits per heavy atom. The fourth-order valence-electron chi connectivity index (χ4n) is 1.57. The number of hydrogen-bond donors (Lipinski definition) is 1. The number of benzene rings is 1. The van der Waals surface area contributed by atoms with Crippen LogP contribution in [0.3, 0.4) is 0 Å². The van der Waals surface area contributed by atoms with E-state index in [2.05, 4.69) is 43.1 Å². The smallest absolute Gasteiger partial charge is 0.0926 e. The zero-order valence-corrected chi connectivity index (χ0v) is 9.60. The average molecular weight is 190 g/mol. The third-order valence-electron chi connectivity index (χ3n) is 2.43. The zero-order valence-electron chi connectivity index (χ0n) is 9.60. The molecular weight excluding hydrogens is 172 g/mol. The van der Waals surface area contributed by atoms with Gasteiger partial charge >= 0.3 is 0 Å². The van der Waals surface area contributed by atoms with E-state index in [4.69, 9.17) is 0 Å². The quantitative estimate of drug-likeness (QED) is 0.676. The van der Waals surface area contributed by atoms with Crippen molar-refractivity contribution in [2.75, 3.05) is 0 Å². The third kappa shape index (κ3) is 1.65. The summed E-state index contributed by atoms with van der Waals surface area (Å²) < 4.78 is 0. The number of hydrogen-bond acceptors (Lipinski definition) is 1. The summed E-state index contributed by atoms with van der Waals surface area (Å²) in [5.41, 5.74) is 4.88. The zero-order chi connectivity index (χ0) is 10.7. The van der Waals surface area contributed by atoms with Crippen molar-refractivity contribution in [3.8, 4) is 0 Å². The van der Waals surface area contributed by atoms with E-state index >= 15 is 0 Å². The fourth-order valence-corrected chi connectivity index (χ4v) is 1.57. The van der Waals surface area contributed by atoms with Gasteiger partial charge in [0.15, 0.2) is 0 Å². The Morgan fingerprint density at radius 2 is 1.71 bits per heavy atom. The lowest BCUT2D eigenvalue weighted by molar-refractivity contribution is 1.07. The summed E-state index contributed by atoms with van der Waals surface area (Å²) in [6.07, 6.45) is 0. The average Bonchev–Trinajstić information content (AvgIpc) is 2.58. The largest absolute Gasteiger partial charge is 0.282 e. The molecule has 76 valence electrons. The maximum atomic E-state index is 4.20. The van der Waals surface area contributed by atoms with Crippen molar-refractivity contribution in [3.05, 3.63) is 29.0 Å². The molecule has 0 saturated heterocycles. The van der Waals surface area contributed by atoms with Crippen molar-refractivity contribution in [2.45, 2.75) is 34.6 Å². The first-order valence-electron chi connectivity index (χ1n) is 5.11. The Morgan fingerprint density at radius 1 is 1.07 bits per heavy atom. The van der Waals surface area contributed by atoms with E-state index in [1.165, 1.54) is 16.5 Å². The van der Waals surface area contributed by atoms with Crippen LogP contribution in [-0.2, 0) is 0 Å². The lowest BCUT2D eigenvalue weighted by atomic mass is 10.0. The molecule has 2 rings (SSSR count). The summed E-state index contributed by atoms with van der Waals surface area (Å²) in [5.74, 6) is 0. The van der Waals surface area contributed by atoms with Gasteiger partial charge in [0.05, 0.1) is 5.52 Å². The van der Waals surface area contributed by atoms with Gasteiger partial charge in [0.2, 0.25) is 0 Å². The molecule has 0 aliphatic carbocycles. The summed E-state index contributed by atoms with van der Waals surface area (Å²) in [6, 6.07) is 4.17. The van der Waals surface area contributed by atoms with Crippen LogP contribution < -0.4 is 0 Å². The van der Waals surface area contributed by atoms with Gasteiger partial charge in [-0.2, -0.15) is 5.10 Å². The molecule has 0 fully saturated rings. The monoisotopic (exact) mass is 190 g/mol. The number of aromatic nitrogens is 2. The van der Waals surface area contributed by atoms with Gasteiger partial charge < -0.3 is 0 Å². The van der Waals surface area contributed by atoms with E-state index in [0.717, 1.165) is 11.2 Å². The Kier molecular flexibility index (Phi) is 3.28. The lowest BCUT2D eigenvalue weighted by Gasteiger charge is -2.00. The number of rotatable bonds is 0. The minimum absolute atomic E-state index is 1.07. The standard InChI is InChI=1S/C10H12N2.C2H6/c1-6-4-5-9-10(7(6)2)8(3)11-12-9;1-2/h4-5H,1-3H3,(H,11,12);1-2H3. The van der Waals surface area contributed by atoms with Crippen molar-refractivity contribution in [1.82, 2.24) is 10.2 Å². The van der Waals surface area contributed by atoms with Crippen LogP contribution in [0.4, 0.5) is 0 Å². The predicted molar refractivity (Wildman–Crippen MR) is 61.7 cm³/mol. The molecule has 1 N–H and O–H groups in total. The predicted octanol–water partition coefficient (Wildman–Crippen LogP) is 3.51. The third-order valence-corrected chi connectivity index (χ3v) is 2.43. The molecule has 0 spiro atoms. The Labute approximate surface area is 85.3 Å². The van der Waals surface area contributed by atoms with E-state index in [1.807, 2.05) is 13.8 Å². The molecule has 0 atom stereocenters. The summed E-state index contributed by atoms with van der Waals surface area (Å²) >= 11 is 0. The van der Waals surface area contributed by atoms with Crippen LogP contribution >= 0.6 is 0 Å². The molecule has 0 aliphatic heterocycles. The lowest BCUT2D eigenvalue weighted by Crippen LogP contribution is -1.82. The number of nitrogens with zero attached hydrogens (tertiary/aromatic N) is 1. The first-order valence-corrected chi connectivity index (χ1v) is 5.11. The molecule has 2 nitrogen and oxygen atoms in total. The van der Waals surface area contributed by atoms with E-state index in [-0.39, 0.29) is 0 Å². The maximum absolute atomic E-state index is 4.20. The summed E-state index contributed by atoms with van der Waals surface area (Å²) in [4.78, 5) is 0. The van der Waals surface area contributed by atoms with Gasteiger partial charge in [0, 0.05) is 11.1 Å². The fraction of sp³-hybridized carbons (Fsp3) is 0.417. The molecule has 0 saturated carbocycles. The van der Waals surface area contributed by atoms with Gasteiger partial charge in [0.1, 0.15) is 0 Å². The second-order valence-electron chi connectivity index (χ2n) is 3.25. The molecule has 1 heterocycles. The molecule has 2 aromatic rings. The van der Waals surface area contributed by atoms with Gasteiger partial charge in [0.25, 0.3) is 0 Å². The molecule has 2 heteroatoms. The minimum Gasteiger partial charge on any atom is -0.282 e. The van der Waals surface area contributed by atoms with Crippen molar-refractivity contribution < 1.29 is 0 Å².